The van der Waals surface area contributed by atoms with E-state index in [1.807, 2.05) is 43.3 Å². The summed E-state index contributed by atoms with van der Waals surface area (Å²) in [5.74, 6) is -4.60. The molecule has 350 valence electrons. The highest BCUT2D eigenvalue weighted by Crippen LogP contribution is 2.20. The summed E-state index contributed by atoms with van der Waals surface area (Å²) in [5, 5.41) is 14.9. The van der Waals surface area contributed by atoms with E-state index in [9.17, 15) is 28.8 Å². The Balaban J connectivity index is 1.39. The maximum absolute atomic E-state index is 14.6. The number of nitrogens with two attached hydrogens (primary N) is 4. The second-order valence-electron chi connectivity index (χ2n) is 16.3. The molecular weight excluding hydrogens is 843 g/mol. The van der Waals surface area contributed by atoms with E-state index in [-0.39, 0.29) is 44.6 Å². The fourth-order valence-corrected chi connectivity index (χ4v) is 7.38. The van der Waals surface area contributed by atoms with Crippen LogP contribution in [0.4, 0.5) is 0 Å². The van der Waals surface area contributed by atoms with Gasteiger partial charge in [0.05, 0.1) is 12.4 Å². The summed E-state index contributed by atoms with van der Waals surface area (Å²) < 4.78 is 0. The van der Waals surface area contributed by atoms with Crippen LogP contribution in [-0.4, -0.2) is 99.2 Å². The van der Waals surface area contributed by atoms with E-state index in [1.54, 1.807) is 61.7 Å². The Bertz CT molecular complexity index is 2400. The van der Waals surface area contributed by atoms with Crippen LogP contribution in [0.2, 0.25) is 0 Å². The molecule has 5 aromatic rings. The number of hydrogen-bond acceptors (Lipinski definition) is 9. The normalized spacial score (nSPS) is 14.3. The SMILES string of the molecule is CC[C@@H](C)[C@@H](NC(=O)[C@@H](Cc1ccccc1)NC(=O)[C@H](Cc1c[nH]c2ccccc12)NC(=O)[C@@H](N)CCCN=C(N)N)C(=O)N[C@H](Cc1ccccc1)C(=O)N[C@H](Cc1cnc[nH]1)C(N)=O. The summed E-state index contributed by atoms with van der Waals surface area (Å²) in [5.41, 5.74) is 26.4. The number of fused-ring (bicyclic) bond motifs is 1. The number of para-hydroxylation sites is 1. The molecule has 0 saturated carbocycles. The van der Waals surface area contributed by atoms with Gasteiger partial charge in [-0.25, -0.2) is 4.98 Å². The summed E-state index contributed by atoms with van der Waals surface area (Å²) in [7, 11) is 0. The van der Waals surface area contributed by atoms with Crippen LogP contribution < -0.4 is 49.5 Å². The van der Waals surface area contributed by atoms with E-state index in [4.69, 9.17) is 22.9 Å². The van der Waals surface area contributed by atoms with Crippen LogP contribution in [0.15, 0.2) is 109 Å². The van der Waals surface area contributed by atoms with Gasteiger partial charge in [-0.05, 0) is 41.5 Å². The molecule has 19 heteroatoms. The minimum absolute atomic E-state index is 0.0230. The van der Waals surface area contributed by atoms with Gasteiger partial charge < -0.3 is 59.5 Å². The predicted octanol–water partition coefficient (Wildman–Crippen LogP) is 0.498. The Morgan fingerprint density at radius 3 is 1.77 bits per heavy atom. The Hall–Kier alpha value is -7.54. The van der Waals surface area contributed by atoms with E-state index in [0.717, 1.165) is 22.0 Å². The number of guanidine groups is 1. The van der Waals surface area contributed by atoms with Gasteiger partial charge in [-0.3, -0.25) is 33.8 Å². The number of nitrogens with zero attached hydrogens (tertiary/aromatic N) is 2. The van der Waals surface area contributed by atoms with Gasteiger partial charge in [-0.2, -0.15) is 0 Å². The number of aromatic amines is 2. The fourth-order valence-electron chi connectivity index (χ4n) is 7.38. The lowest BCUT2D eigenvalue weighted by molar-refractivity contribution is -0.135. The van der Waals surface area contributed by atoms with E-state index >= 15 is 0 Å². The van der Waals surface area contributed by atoms with Gasteiger partial charge in [0.2, 0.25) is 35.4 Å². The van der Waals surface area contributed by atoms with Crippen molar-refractivity contribution in [3.05, 3.63) is 126 Å². The number of benzene rings is 3. The topological polar surface area (TPSA) is 323 Å². The molecule has 0 aliphatic carbocycles. The number of amides is 6. The van der Waals surface area contributed by atoms with Crippen LogP contribution in [0.1, 0.15) is 55.5 Å². The van der Waals surface area contributed by atoms with Crippen LogP contribution in [0.3, 0.4) is 0 Å². The number of aromatic nitrogens is 3. The van der Waals surface area contributed by atoms with Crippen molar-refractivity contribution in [3.8, 4) is 0 Å². The molecular formula is C47H61N13O6. The molecule has 0 radical (unpaired) electrons. The number of imidazole rings is 1. The zero-order valence-corrected chi connectivity index (χ0v) is 37.2. The standard InChI is InChI=1S/C47H61N13O6/c1-3-28(2)40(46(66)59-37(21-29-13-6-4-7-14-29)43(63)56-36(41(49)61)24-32-26-52-27-55-32)60-45(65)38(22-30-15-8-5-9-16-30)58-44(64)39(23-31-25-54-35-19-11-10-17-33(31)35)57-42(62)34(48)18-12-20-53-47(50)51/h4-11,13-17,19,25-28,34,36-40,54H,3,12,18,20-24,48H2,1-2H3,(H2,49,61)(H,52,55)(H,56,63)(H,57,62)(H,58,64)(H,59,66)(H,60,65)(H4,50,51,53)/t28-,34+,36-,37-,38-,39+,40-/m1/s1. The van der Waals surface area contributed by atoms with Crippen LogP contribution in [0.5, 0.6) is 0 Å². The van der Waals surface area contributed by atoms with Crippen LogP contribution >= 0.6 is 0 Å². The number of carbonyl (C=O) groups excluding carboxylic acids is 6. The van der Waals surface area contributed by atoms with Gasteiger partial charge in [-0.15, -0.1) is 0 Å². The number of nitrogens with one attached hydrogen (secondary N) is 7. The van der Waals surface area contributed by atoms with Gasteiger partial charge >= 0.3 is 0 Å². The molecule has 15 N–H and O–H groups in total. The van der Waals surface area contributed by atoms with Crippen molar-refractivity contribution in [2.45, 2.75) is 95.0 Å². The molecule has 66 heavy (non-hydrogen) atoms. The van der Waals surface area contributed by atoms with Crippen molar-refractivity contribution in [2.24, 2.45) is 33.8 Å². The van der Waals surface area contributed by atoms with Gasteiger partial charge in [0.25, 0.3) is 0 Å². The molecule has 19 nitrogen and oxygen atoms in total. The molecule has 3 aromatic carbocycles. The van der Waals surface area contributed by atoms with Gasteiger partial charge in [-0.1, -0.05) is 99.1 Å². The van der Waals surface area contributed by atoms with Gasteiger partial charge in [0, 0.05) is 61.2 Å². The lowest BCUT2D eigenvalue weighted by atomic mass is 9.96. The number of H-pyrrole nitrogens is 2. The van der Waals surface area contributed by atoms with E-state index in [1.165, 1.54) is 12.5 Å². The first-order valence-corrected chi connectivity index (χ1v) is 21.9. The smallest absolute Gasteiger partial charge is 0.243 e. The third-order valence-electron chi connectivity index (χ3n) is 11.3. The third-order valence-corrected chi connectivity index (χ3v) is 11.3. The van der Waals surface area contributed by atoms with Crippen LogP contribution in [0, 0.1) is 5.92 Å². The molecule has 7 atom stereocenters. The molecule has 6 amide bonds. The maximum Gasteiger partial charge on any atom is 0.243 e. The second-order valence-corrected chi connectivity index (χ2v) is 16.3. The Morgan fingerprint density at radius 2 is 1.20 bits per heavy atom. The van der Waals surface area contributed by atoms with Crippen molar-refractivity contribution in [3.63, 3.8) is 0 Å². The first kappa shape index (κ1) is 49.5. The summed E-state index contributed by atoms with van der Waals surface area (Å²) in [4.78, 5) is 97.4. The number of primary amides is 1. The third kappa shape index (κ3) is 14.8. The molecule has 0 fully saturated rings. The van der Waals surface area contributed by atoms with Gasteiger partial charge in [0.15, 0.2) is 5.96 Å². The number of aliphatic imine (C=N–C) groups is 1. The van der Waals surface area contributed by atoms with E-state index in [2.05, 4.69) is 46.5 Å². The molecule has 0 aliphatic rings. The zero-order valence-electron chi connectivity index (χ0n) is 37.2. The largest absolute Gasteiger partial charge is 0.370 e. The summed E-state index contributed by atoms with van der Waals surface area (Å²) >= 11 is 0. The van der Waals surface area contributed by atoms with Crippen molar-refractivity contribution in [2.75, 3.05) is 6.54 Å². The number of rotatable bonds is 25. The summed E-state index contributed by atoms with van der Waals surface area (Å²) in [6.45, 7) is 3.89. The Labute approximate surface area is 383 Å². The molecule has 5 rings (SSSR count). The maximum atomic E-state index is 14.6. The molecule has 2 aromatic heterocycles. The quantitative estimate of drug-likeness (QED) is 0.0219. The first-order valence-electron chi connectivity index (χ1n) is 21.9. The minimum atomic E-state index is -1.24. The monoisotopic (exact) mass is 903 g/mol. The highest BCUT2D eigenvalue weighted by atomic mass is 16.2. The highest BCUT2D eigenvalue weighted by molar-refractivity contribution is 5.97. The van der Waals surface area contributed by atoms with Crippen LogP contribution in [0.25, 0.3) is 10.9 Å². The second kappa shape index (κ2) is 24.5. The van der Waals surface area contributed by atoms with E-state index in [0.29, 0.717) is 24.1 Å². The Morgan fingerprint density at radius 1 is 0.652 bits per heavy atom. The number of hydrogen-bond donors (Lipinski definition) is 11. The van der Waals surface area contributed by atoms with Crippen molar-refractivity contribution in [1.82, 2.24) is 41.5 Å². The average molecular weight is 904 g/mol. The number of carbonyl (C=O) groups is 6. The first-order chi connectivity index (χ1) is 31.7. The lowest BCUT2D eigenvalue weighted by Crippen LogP contribution is -2.61. The lowest BCUT2D eigenvalue weighted by Gasteiger charge is -2.29. The highest BCUT2D eigenvalue weighted by Gasteiger charge is 2.35. The molecule has 0 aliphatic heterocycles. The fraction of sp³-hybridized carbons (Fsp3) is 0.362. The zero-order chi connectivity index (χ0) is 47.6. The van der Waals surface area contributed by atoms with Crippen LogP contribution in [-0.2, 0) is 54.5 Å². The van der Waals surface area contributed by atoms with Crippen molar-refractivity contribution in [1.29, 1.82) is 0 Å². The molecule has 0 saturated heterocycles. The van der Waals surface area contributed by atoms with Crippen molar-refractivity contribution < 1.29 is 28.8 Å². The minimum Gasteiger partial charge on any atom is -0.370 e. The molecule has 0 bridgehead atoms. The predicted molar refractivity (Wildman–Crippen MR) is 251 cm³/mol. The average Bonchev–Trinajstić information content (AvgIpc) is 3.98. The molecule has 0 spiro atoms. The summed E-state index contributed by atoms with van der Waals surface area (Å²) in [6.07, 6.45) is 5.94. The van der Waals surface area contributed by atoms with Crippen molar-refractivity contribution >= 4 is 52.3 Å². The molecule has 2 heterocycles. The molecule has 0 unspecified atom stereocenters. The van der Waals surface area contributed by atoms with Gasteiger partial charge in [0.1, 0.15) is 30.2 Å². The van der Waals surface area contributed by atoms with E-state index < -0.39 is 77.6 Å². The Kier molecular flexibility index (Phi) is 18.4. The summed E-state index contributed by atoms with van der Waals surface area (Å²) in [6, 6.07) is 18.6.